The Kier molecular flexibility index (Phi) is 4.54. The monoisotopic (exact) mass is 352 g/mol. The van der Waals surface area contributed by atoms with Crippen molar-refractivity contribution in [1.29, 1.82) is 0 Å². The number of alkyl halides is 3. The van der Waals surface area contributed by atoms with Crippen LogP contribution in [-0.2, 0) is 12.8 Å². The molecule has 0 atom stereocenters. The van der Waals surface area contributed by atoms with Crippen LogP contribution in [0.25, 0.3) is 11.1 Å². The molecule has 134 valence electrons. The highest BCUT2D eigenvalue weighted by atomic mass is 19.4. The Morgan fingerprint density at radius 3 is 2.16 bits per heavy atom. The van der Waals surface area contributed by atoms with E-state index in [0.717, 1.165) is 22.3 Å². The molecule has 3 rings (SSSR count). The van der Waals surface area contributed by atoms with E-state index in [9.17, 15) is 13.2 Å². The third-order valence-electron chi connectivity index (χ3n) is 4.49. The highest BCUT2D eigenvalue weighted by Crippen LogP contribution is 2.53. The van der Waals surface area contributed by atoms with Crippen molar-refractivity contribution in [2.45, 2.75) is 25.4 Å². The Balaban J connectivity index is 2.27. The standard InChI is InChI=1S/C19H19F3O3/c1-23-16-13(8-9-19(20,21)22)15-12-7-5-4-6-11(12)10-14(15)17(24-2)18(16)25-3/h4-7H,8-10H2,1-3H3. The van der Waals surface area contributed by atoms with Gasteiger partial charge in [-0.3, -0.25) is 0 Å². The van der Waals surface area contributed by atoms with E-state index in [4.69, 9.17) is 14.2 Å². The van der Waals surface area contributed by atoms with Gasteiger partial charge in [-0.05, 0) is 23.1 Å². The van der Waals surface area contributed by atoms with Gasteiger partial charge in [0, 0.05) is 24.0 Å². The zero-order valence-electron chi connectivity index (χ0n) is 14.3. The number of methoxy groups -OCH3 is 3. The van der Waals surface area contributed by atoms with Crippen molar-refractivity contribution in [3.05, 3.63) is 41.0 Å². The predicted octanol–water partition coefficient (Wildman–Crippen LogP) is 4.78. The fourth-order valence-corrected chi connectivity index (χ4v) is 3.51. The predicted molar refractivity (Wildman–Crippen MR) is 88.7 cm³/mol. The van der Waals surface area contributed by atoms with Gasteiger partial charge in [-0.25, -0.2) is 0 Å². The largest absolute Gasteiger partial charge is 0.492 e. The van der Waals surface area contributed by atoms with Gasteiger partial charge in [-0.2, -0.15) is 13.2 Å². The summed E-state index contributed by atoms with van der Waals surface area (Å²) in [6, 6.07) is 7.69. The number of hydrogen-bond donors (Lipinski definition) is 0. The maximum absolute atomic E-state index is 12.9. The zero-order valence-corrected chi connectivity index (χ0v) is 14.3. The highest BCUT2D eigenvalue weighted by molar-refractivity contribution is 5.86. The van der Waals surface area contributed by atoms with Crippen LogP contribution < -0.4 is 14.2 Å². The SMILES string of the molecule is COc1c(CCC(F)(F)F)c2c(c(OC)c1OC)Cc1ccccc1-2. The summed E-state index contributed by atoms with van der Waals surface area (Å²) in [6.45, 7) is 0. The topological polar surface area (TPSA) is 27.7 Å². The molecule has 0 spiro atoms. The van der Waals surface area contributed by atoms with Gasteiger partial charge in [-0.1, -0.05) is 24.3 Å². The quantitative estimate of drug-likeness (QED) is 0.661. The molecule has 0 aliphatic heterocycles. The Morgan fingerprint density at radius 2 is 1.56 bits per heavy atom. The van der Waals surface area contributed by atoms with Crippen LogP contribution in [-0.4, -0.2) is 27.5 Å². The lowest BCUT2D eigenvalue weighted by Crippen LogP contribution is -2.11. The van der Waals surface area contributed by atoms with Crippen molar-refractivity contribution >= 4 is 0 Å². The van der Waals surface area contributed by atoms with Crippen LogP contribution in [0.2, 0.25) is 0 Å². The molecule has 2 aromatic rings. The van der Waals surface area contributed by atoms with Crippen LogP contribution in [0.3, 0.4) is 0 Å². The molecule has 0 bridgehead atoms. The van der Waals surface area contributed by atoms with Crippen LogP contribution in [0.15, 0.2) is 24.3 Å². The van der Waals surface area contributed by atoms with E-state index >= 15 is 0 Å². The van der Waals surface area contributed by atoms with Gasteiger partial charge in [0.2, 0.25) is 5.75 Å². The van der Waals surface area contributed by atoms with E-state index in [2.05, 4.69) is 0 Å². The van der Waals surface area contributed by atoms with Gasteiger partial charge >= 0.3 is 6.18 Å². The minimum Gasteiger partial charge on any atom is -0.492 e. The zero-order chi connectivity index (χ0) is 18.2. The first-order valence-electron chi connectivity index (χ1n) is 7.90. The van der Waals surface area contributed by atoms with Crippen molar-refractivity contribution < 1.29 is 27.4 Å². The van der Waals surface area contributed by atoms with E-state index < -0.39 is 12.6 Å². The lowest BCUT2D eigenvalue weighted by Gasteiger charge is -2.21. The van der Waals surface area contributed by atoms with Crippen LogP contribution in [0.4, 0.5) is 13.2 Å². The van der Waals surface area contributed by atoms with Gasteiger partial charge in [0.1, 0.15) is 0 Å². The van der Waals surface area contributed by atoms with E-state index in [1.165, 1.54) is 21.3 Å². The molecule has 0 heterocycles. The summed E-state index contributed by atoms with van der Waals surface area (Å²) in [7, 11) is 4.42. The molecule has 6 heteroatoms. The van der Waals surface area contributed by atoms with Crippen molar-refractivity contribution in [1.82, 2.24) is 0 Å². The molecule has 0 radical (unpaired) electrons. The third kappa shape index (κ3) is 3.01. The second-order valence-corrected chi connectivity index (χ2v) is 5.88. The second-order valence-electron chi connectivity index (χ2n) is 5.88. The normalized spacial score (nSPS) is 12.6. The lowest BCUT2D eigenvalue weighted by atomic mass is 9.93. The molecular weight excluding hydrogens is 333 g/mol. The van der Waals surface area contributed by atoms with Crippen LogP contribution in [0, 0.1) is 0 Å². The number of rotatable bonds is 5. The van der Waals surface area contributed by atoms with Gasteiger partial charge in [0.05, 0.1) is 21.3 Å². The average molecular weight is 352 g/mol. The Bertz CT molecular complexity index is 797. The summed E-state index contributed by atoms with van der Waals surface area (Å²) in [5.74, 6) is 1.16. The smallest absolute Gasteiger partial charge is 0.389 e. The number of fused-ring (bicyclic) bond motifs is 3. The van der Waals surface area contributed by atoms with E-state index in [1.54, 1.807) is 0 Å². The first-order chi connectivity index (χ1) is 11.9. The van der Waals surface area contributed by atoms with Gasteiger partial charge in [0.25, 0.3) is 0 Å². The number of hydrogen-bond acceptors (Lipinski definition) is 3. The molecule has 0 aromatic heterocycles. The molecule has 25 heavy (non-hydrogen) atoms. The van der Waals surface area contributed by atoms with Crippen molar-refractivity contribution in [3.8, 4) is 28.4 Å². The molecule has 0 saturated carbocycles. The summed E-state index contributed by atoms with van der Waals surface area (Å²) in [5.41, 5.74) is 4.11. The molecular formula is C19H19F3O3. The molecule has 0 N–H and O–H groups in total. The first-order valence-corrected chi connectivity index (χ1v) is 7.90. The van der Waals surface area contributed by atoms with Crippen molar-refractivity contribution in [2.75, 3.05) is 21.3 Å². The molecule has 0 saturated heterocycles. The molecule has 0 amide bonds. The van der Waals surface area contributed by atoms with Crippen LogP contribution in [0.1, 0.15) is 23.1 Å². The second kappa shape index (κ2) is 6.50. The van der Waals surface area contributed by atoms with Gasteiger partial charge in [-0.15, -0.1) is 0 Å². The summed E-state index contributed by atoms with van der Waals surface area (Å²) in [6.07, 6.45) is -4.76. The maximum atomic E-state index is 12.9. The average Bonchev–Trinajstić information content (AvgIpc) is 2.96. The Hall–Kier alpha value is -2.37. The van der Waals surface area contributed by atoms with Crippen molar-refractivity contribution in [2.24, 2.45) is 0 Å². The van der Waals surface area contributed by atoms with Crippen LogP contribution in [0.5, 0.6) is 17.2 Å². The fourth-order valence-electron chi connectivity index (χ4n) is 3.51. The van der Waals surface area contributed by atoms with Gasteiger partial charge < -0.3 is 14.2 Å². The Labute approximate surface area is 144 Å². The number of benzene rings is 2. The molecule has 0 fully saturated rings. The van der Waals surface area contributed by atoms with E-state index in [-0.39, 0.29) is 6.42 Å². The summed E-state index contributed by atoms with van der Waals surface area (Å²) >= 11 is 0. The first kappa shape index (κ1) is 17.5. The molecule has 1 aliphatic carbocycles. The third-order valence-corrected chi connectivity index (χ3v) is 4.49. The molecule has 3 nitrogen and oxygen atoms in total. The summed E-state index contributed by atoms with van der Waals surface area (Å²) in [4.78, 5) is 0. The minimum absolute atomic E-state index is 0.177. The molecule has 0 unspecified atom stereocenters. The molecule has 1 aliphatic rings. The van der Waals surface area contributed by atoms with Crippen LogP contribution >= 0.6 is 0 Å². The van der Waals surface area contributed by atoms with Gasteiger partial charge in [0.15, 0.2) is 11.5 Å². The molecule has 2 aromatic carbocycles. The van der Waals surface area contributed by atoms with E-state index in [0.29, 0.717) is 29.2 Å². The lowest BCUT2D eigenvalue weighted by molar-refractivity contribution is -0.134. The fraction of sp³-hybridized carbons (Fsp3) is 0.368. The Morgan fingerprint density at radius 1 is 0.920 bits per heavy atom. The highest BCUT2D eigenvalue weighted by Gasteiger charge is 2.34. The summed E-state index contributed by atoms with van der Waals surface area (Å²) < 4.78 is 55.0. The summed E-state index contributed by atoms with van der Waals surface area (Å²) in [5, 5.41) is 0. The maximum Gasteiger partial charge on any atom is 0.389 e. The van der Waals surface area contributed by atoms with E-state index in [1.807, 2.05) is 24.3 Å². The minimum atomic E-state index is -4.25. The van der Waals surface area contributed by atoms with Crippen molar-refractivity contribution in [3.63, 3.8) is 0 Å². The number of halogens is 3. The number of ether oxygens (including phenoxy) is 3.